The highest BCUT2D eigenvalue weighted by Gasteiger charge is 2.60. The van der Waals surface area contributed by atoms with Crippen LogP contribution in [-0.4, -0.2) is 21.9 Å². The van der Waals surface area contributed by atoms with Crippen molar-refractivity contribution in [1.82, 2.24) is 0 Å². The van der Waals surface area contributed by atoms with Gasteiger partial charge in [-0.2, -0.15) is 0 Å². The Hall–Kier alpha value is -0.340. The van der Waals surface area contributed by atoms with E-state index in [-0.39, 0.29) is 6.10 Å². The van der Waals surface area contributed by atoms with Gasteiger partial charge in [-0.05, 0) is 118 Å². The molecule has 0 aromatic heterocycles. The van der Waals surface area contributed by atoms with Gasteiger partial charge in [-0.3, -0.25) is 0 Å². The Labute approximate surface area is 179 Å². The molecule has 0 spiro atoms. The van der Waals surface area contributed by atoms with E-state index in [2.05, 4.69) is 33.8 Å². The van der Waals surface area contributed by atoms with E-state index in [9.17, 15) is 10.2 Å². The molecule has 0 aromatic carbocycles. The SMILES string of the molecule is CC(C)(O)CCC(C)(C)C1CCC2C3CC=C4CC(O)CCC4(C)C3CCC21C. The van der Waals surface area contributed by atoms with E-state index >= 15 is 0 Å². The lowest BCUT2D eigenvalue weighted by Gasteiger charge is -2.59. The van der Waals surface area contributed by atoms with Gasteiger partial charge in [-0.25, -0.2) is 0 Å². The van der Waals surface area contributed by atoms with Crippen molar-refractivity contribution in [2.75, 3.05) is 0 Å². The molecule has 7 unspecified atom stereocenters. The molecule has 0 amide bonds. The summed E-state index contributed by atoms with van der Waals surface area (Å²) < 4.78 is 0. The highest BCUT2D eigenvalue weighted by atomic mass is 16.3. The maximum atomic E-state index is 10.3. The molecule has 4 aliphatic rings. The maximum absolute atomic E-state index is 10.3. The van der Waals surface area contributed by atoms with E-state index in [4.69, 9.17) is 0 Å². The fraction of sp³-hybridized carbons (Fsp3) is 0.926. The molecule has 2 heteroatoms. The standard InChI is InChI=1S/C27H46O2/c1-24(2,15-16-25(3,4)29)23-10-9-21-20-8-7-18-17-19(28)11-13-26(18,5)22(20)12-14-27(21,23)6/h7,19-23,28-29H,8-17H2,1-6H3. The zero-order chi connectivity index (χ0) is 21.2. The van der Waals surface area contributed by atoms with Crippen LogP contribution in [0, 0.1) is 39.9 Å². The fourth-order valence-corrected chi connectivity index (χ4v) is 8.73. The Balaban J connectivity index is 1.56. The number of hydrogen-bond acceptors (Lipinski definition) is 2. The van der Waals surface area contributed by atoms with Crippen molar-refractivity contribution < 1.29 is 10.2 Å². The third-order valence-electron chi connectivity index (χ3n) is 10.4. The number of hydrogen-bond donors (Lipinski definition) is 2. The Kier molecular flexibility index (Phi) is 5.35. The Bertz CT molecular complexity index is 656. The van der Waals surface area contributed by atoms with Gasteiger partial charge in [-0.1, -0.05) is 39.3 Å². The second-order valence-electron chi connectivity index (χ2n) is 13.1. The number of aliphatic hydroxyl groups is 2. The quantitative estimate of drug-likeness (QED) is 0.527. The van der Waals surface area contributed by atoms with Gasteiger partial charge in [-0.15, -0.1) is 0 Å². The van der Waals surface area contributed by atoms with Crippen molar-refractivity contribution in [3.63, 3.8) is 0 Å². The third-order valence-corrected chi connectivity index (χ3v) is 10.4. The first-order valence-electron chi connectivity index (χ1n) is 12.5. The average molecular weight is 403 g/mol. The Morgan fingerprint density at radius 3 is 2.38 bits per heavy atom. The molecule has 0 aliphatic heterocycles. The van der Waals surface area contributed by atoms with Crippen LogP contribution in [0.5, 0.6) is 0 Å². The van der Waals surface area contributed by atoms with E-state index in [0.29, 0.717) is 16.2 Å². The molecule has 2 nitrogen and oxygen atoms in total. The summed E-state index contributed by atoms with van der Waals surface area (Å²) in [7, 11) is 0. The predicted molar refractivity (Wildman–Crippen MR) is 121 cm³/mol. The molecule has 0 heterocycles. The molecule has 29 heavy (non-hydrogen) atoms. The van der Waals surface area contributed by atoms with Crippen LogP contribution in [0.1, 0.15) is 106 Å². The van der Waals surface area contributed by atoms with Crippen LogP contribution in [0.4, 0.5) is 0 Å². The first-order valence-corrected chi connectivity index (χ1v) is 12.5. The van der Waals surface area contributed by atoms with Crippen molar-refractivity contribution >= 4 is 0 Å². The molecule has 7 atom stereocenters. The topological polar surface area (TPSA) is 40.5 Å². The number of fused-ring (bicyclic) bond motifs is 5. The van der Waals surface area contributed by atoms with E-state index in [1.54, 1.807) is 5.57 Å². The summed E-state index contributed by atoms with van der Waals surface area (Å²) in [6.45, 7) is 14.0. The van der Waals surface area contributed by atoms with Crippen molar-refractivity contribution in [2.24, 2.45) is 39.9 Å². The molecule has 3 saturated carbocycles. The predicted octanol–water partition coefficient (Wildman–Crippen LogP) is 6.50. The highest BCUT2D eigenvalue weighted by molar-refractivity contribution is 5.25. The minimum atomic E-state index is -0.557. The summed E-state index contributed by atoms with van der Waals surface area (Å²) in [4.78, 5) is 0. The van der Waals surface area contributed by atoms with Gasteiger partial charge in [0.15, 0.2) is 0 Å². The number of allylic oxidation sites excluding steroid dienone is 1. The molecule has 0 bridgehead atoms. The smallest absolute Gasteiger partial charge is 0.0592 e. The Morgan fingerprint density at radius 1 is 0.966 bits per heavy atom. The van der Waals surface area contributed by atoms with Gasteiger partial charge >= 0.3 is 0 Å². The van der Waals surface area contributed by atoms with Crippen molar-refractivity contribution in [2.45, 2.75) is 117 Å². The van der Waals surface area contributed by atoms with Gasteiger partial charge in [0, 0.05) is 0 Å². The fourth-order valence-electron chi connectivity index (χ4n) is 8.73. The second kappa shape index (κ2) is 7.09. The molecule has 166 valence electrons. The zero-order valence-corrected chi connectivity index (χ0v) is 19.9. The van der Waals surface area contributed by atoms with E-state index in [1.807, 2.05) is 13.8 Å². The average Bonchev–Trinajstić information content (AvgIpc) is 2.98. The highest BCUT2D eigenvalue weighted by Crippen LogP contribution is 2.68. The lowest BCUT2D eigenvalue weighted by atomic mass is 9.46. The first-order chi connectivity index (χ1) is 13.4. The van der Waals surface area contributed by atoms with E-state index in [1.165, 1.54) is 38.5 Å². The summed E-state index contributed by atoms with van der Waals surface area (Å²) >= 11 is 0. The number of aliphatic hydroxyl groups excluding tert-OH is 1. The van der Waals surface area contributed by atoms with Crippen LogP contribution in [0.25, 0.3) is 0 Å². The lowest BCUT2D eigenvalue weighted by Crippen LogP contribution is -2.51. The zero-order valence-electron chi connectivity index (χ0n) is 19.9. The van der Waals surface area contributed by atoms with E-state index < -0.39 is 5.60 Å². The molecular weight excluding hydrogens is 356 g/mol. The summed E-state index contributed by atoms with van der Waals surface area (Å²) in [5.74, 6) is 3.29. The minimum absolute atomic E-state index is 0.104. The lowest BCUT2D eigenvalue weighted by molar-refractivity contribution is -0.0721. The van der Waals surface area contributed by atoms with Gasteiger partial charge < -0.3 is 10.2 Å². The van der Waals surface area contributed by atoms with Crippen LogP contribution in [0.2, 0.25) is 0 Å². The largest absolute Gasteiger partial charge is 0.393 e. The van der Waals surface area contributed by atoms with Gasteiger partial charge in [0.2, 0.25) is 0 Å². The summed E-state index contributed by atoms with van der Waals surface area (Å²) in [5, 5.41) is 20.5. The molecule has 4 rings (SSSR count). The van der Waals surface area contributed by atoms with Crippen molar-refractivity contribution in [3.05, 3.63) is 11.6 Å². The molecule has 0 aromatic rings. The van der Waals surface area contributed by atoms with Crippen LogP contribution >= 0.6 is 0 Å². The molecule has 3 fully saturated rings. The molecule has 0 radical (unpaired) electrons. The van der Waals surface area contributed by atoms with Crippen molar-refractivity contribution in [3.8, 4) is 0 Å². The maximum Gasteiger partial charge on any atom is 0.0592 e. The molecule has 2 N–H and O–H groups in total. The third kappa shape index (κ3) is 3.65. The van der Waals surface area contributed by atoms with Gasteiger partial charge in [0.05, 0.1) is 11.7 Å². The van der Waals surface area contributed by atoms with Crippen LogP contribution < -0.4 is 0 Å². The molecule has 4 aliphatic carbocycles. The normalized spacial score (nSPS) is 45.2. The summed E-state index contributed by atoms with van der Waals surface area (Å²) in [6.07, 6.45) is 14.3. The number of rotatable bonds is 4. The minimum Gasteiger partial charge on any atom is -0.393 e. The molecule has 0 saturated heterocycles. The van der Waals surface area contributed by atoms with Crippen LogP contribution in [-0.2, 0) is 0 Å². The second-order valence-corrected chi connectivity index (χ2v) is 13.1. The summed E-state index contributed by atoms with van der Waals surface area (Å²) in [5.41, 5.74) is 2.13. The van der Waals surface area contributed by atoms with Gasteiger partial charge in [0.1, 0.15) is 0 Å². The van der Waals surface area contributed by atoms with Crippen molar-refractivity contribution in [1.29, 1.82) is 0 Å². The van der Waals surface area contributed by atoms with Gasteiger partial charge in [0.25, 0.3) is 0 Å². The van der Waals surface area contributed by atoms with Crippen LogP contribution in [0.3, 0.4) is 0 Å². The monoisotopic (exact) mass is 402 g/mol. The summed E-state index contributed by atoms with van der Waals surface area (Å²) in [6, 6.07) is 0. The Morgan fingerprint density at radius 2 is 1.69 bits per heavy atom. The molecular formula is C27H46O2. The van der Waals surface area contributed by atoms with Crippen LogP contribution in [0.15, 0.2) is 11.6 Å². The first kappa shape index (κ1) is 21.9. The van der Waals surface area contributed by atoms with E-state index in [0.717, 1.165) is 49.4 Å².